The highest BCUT2D eigenvalue weighted by Gasteiger charge is 2.26. The molecule has 5 nitrogen and oxygen atoms in total. The lowest BCUT2D eigenvalue weighted by Gasteiger charge is -2.30. The quantitative estimate of drug-likeness (QED) is 0.710. The van der Waals surface area contributed by atoms with Crippen LogP contribution in [0.15, 0.2) is 36.4 Å². The number of benzene rings is 1. The van der Waals surface area contributed by atoms with Gasteiger partial charge in [0, 0.05) is 18.8 Å². The van der Waals surface area contributed by atoms with Crippen LogP contribution in [0.5, 0.6) is 0 Å². The average Bonchev–Trinajstić information content (AvgIpc) is 2.67. The number of pyridine rings is 1. The van der Waals surface area contributed by atoms with Crippen molar-refractivity contribution in [2.75, 3.05) is 24.5 Å². The molecular formula is C20H21Cl2N3O2. The van der Waals surface area contributed by atoms with Gasteiger partial charge in [-0.05, 0) is 50.5 Å². The molecule has 7 heteroatoms. The summed E-state index contributed by atoms with van der Waals surface area (Å²) in [6.45, 7) is 3.39. The van der Waals surface area contributed by atoms with Gasteiger partial charge in [0.15, 0.2) is 0 Å². The minimum absolute atomic E-state index is 0.0232. The van der Waals surface area contributed by atoms with Crippen molar-refractivity contribution in [2.45, 2.75) is 26.2 Å². The van der Waals surface area contributed by atoms with Crippen LogP contribution in [-0.2, 0) is 4.79 Å². The molecule has 2 amide bonds. The summed E-state index contributed by atoms with van der Waals surface area (Å²) in [7, 11) is 0. The molecule has 2 aromatic rings. The zero-order chi connectivity index (χ0) is 19.4. The Bertz CT molecular complexity index is 834. The Balaban J connectivity index is 1.90. The number of piperidine rings is 1. The van der Waals surface area contributed by atoms with Crippen LogP contribution >= 0.6 is 23.2 Å². The molecule has 27 heavy (non-hydrogen) atoms. The maximum absolute atomic E-state index is 13.2. The van der Waals surface area contributed by atoms with E-state index in [9.17, 15) is 9.59 Å². The van der Waals surface area contributed by atoms with E-state index in [1.165, 1.54) is 17.0 Å². The van der Waals surface area contributed by atoms with E-state index in [4.69, 9.17) is 23.2 Å². The van der Waals surface area contributed by atoms with Crippen molar-refractivity contribution in [2.24, 2.45) is 0 Å². The molecule has 2 heterocycles. The Morgan fingerprint density at radius 1 is 1.04 bits per heavy atom. The van der Waals surface area contributed by atoms with E-state index in [-0.39, 0.29) is 34.2 Å². The standard InChI is InChI=1S/C20H21Cl2N3O2/c1-14-5-7-15(8-6-14)25(13-18(26)24-11-3-2-4-12-24)20(27)16-9-10-17(21)23-19(16)22/h5-10H,2-4,11-13H2,1H3. The largest absolute Gasteiger partial charge is 0.341 e. The van der Waals surface area contributed by atoms with E-state index in [1.807, 2.05) is 36.1 Å². The van der Waals surface area contributed by atoms with Crippen LogP contribution in [0.1, 0.15) is 35.2 Å². The lowest BCUT2D eigenvalue weighted by Crippen LogP contribution is -2.45. The molecule has 0 N–H and O–H groups in total. The second kappa shape index (κ2) is 8.72. The molecule has 1 saturated heterocycles. The van der Waals surface area contributed by atoms with Crippen molar-refractivity contribution in [3.63, 3.8) is 0 Å². The highest BCUT2D eigenvalue weighted by molar-refractivity contribution is 6.35. The first kappa shape index (κ1) is 19.6. The molecule has 0 atom stereocenters. The molecule has 0 spiro atoms. The van der Waals surface area contributed by atoms with E-state index >= 15 is 0 Å². The summed E-state index contributed by atoms with van der Waals surface area (Å²) in [6, 6.07) is 10.5. The number of rotatable bonds is 4. The summed E-state index contributed by atoms with van der Waals surface area (Å²) in [5.41, 5.74) is 1.93. The van der Waals surface area contributed by atoms with Crippen molar-refractivity contribution < 1.29 is 9.59 Å². The second-order valence-corrected chi connectivity index (χ2v) is 7.39. The molecule has 1 aliphatic heterocycles. The van der Waals surface area contributed by atoms with Gasteiger partial charge in [-0.15, -0.1) is 0 Å². The van der Waals surface area contributed by atoms with Gasteiger partial charge in [0.05, 0.1) is 5.56 Å². The Kier molecular flexibility index (Phi) is 6.34. The SMILES string of the molecule is Cc1ccc(N(CC(=O)N2CCCCC2)C(=O)c2ccc(Cl)nc2Cl)cc1. The number of aromatic nitrogens is 1. The van der Waals surface area contributed by atoms with E-state index in [0.717, 1.165) is 37.9 Å². The van der Waals surface area contributed by atoms with Crippen molar-refractivity contribution in [1.82, 2.24) is 9.88 Å². The molecule has 1 aromatic heterocycles. The summed E-state index contributed by atoms with van der Waals surface area (Å²) >= 11 is 12.0. The fourth-order valence-electron chi connectivity index (χ4n) is 3.10. The fraction of sp³-hybridized carbons (Fsp3) is 0.350. The van der Waals surface area contributed by atoms with Gasteiger partial charge in [-0.1, -0.05) is 40.9 Å². The van der Waals surface area contributed by atoms with Crippen LogP contribution in [0, 0.1) is 6.92 Å². The van der Waals surface area contributed by atoms with Gasteiger partial charge < -0.3 is 4.90 Å². The number of carbonyl (C=O) groups excluding carboxylic acids is 2. The van der Waals surface area contributed by atoms with Crippen molar-refractivity contribution in [1.29, 1.82) is 0 Å². The van der Waals surface area contributed by atoms with Crippen molar-refractivity contribution in [3.8, 4) is 0 Å². The van der Waals surface area contributed by atoms with Gasteiger partial charge >= 0.3 is 0 Å². The minimum Gasteiger partial charge on any atom is -0.341 e. The van der Waals surface area contributed by atoms with Crippen molar-refractivity contribution in [3.05, 3.63) is 57.8 Å². The van der Waals surface area contributed by atoms with Crippen LogP contribution in [0.4, 0.5) is 5.69 Å². The van der Waals surface area contributed by atoms with Gasteiger partial charge in [-0.25, -0.2) is 4.98 Å². The first-order chi connectivity index (χ1) is 13.0. The first-order valence-corrected chi connectivity index (χ1v) is 9.69. The Morgan fingerprint density at radius 2 is 1.70 bits per heavy atom. The topological polar surface area (TPSA) is 53.5 Å². The number of carbonyl (C=O) groups is 2. The Morgan fingerprint density at radius 3 is 2.33 bits per heavy atom. The third-order valence-corrected chi connectivity index (χ3v) is 5.14. The van der Waals surface area contributed by atoms with Crippen LogP contribution in [-0.4, -0.2) is 41.3 Å². The van der Waals surface area contributed by atoms with Gasteiger partial charge in [-0.3, -0.25) is 14.5 Å². The third kappa shape index (κ3) is 4.79. The number of anilines is 1. The summed E-state index contributed by atoms with van der Waals surface area (Å²) in [4.78, 5) is 33.2. The number of nitrogens with zero attached hydrogens (tertiary/aromatic N) is 3. The summed E-state index contributed by atoms with van der Waals surface area (Å²) in [5.74, 6) is -0.444. The zero-order valence-corrected chi connectivity index (χ0v) is 16.6. The number of amides is 2. The Hall–Kier alpha value is -2.11. The molecule has 3 rings (SSSR count). The van der Waals surface area contributed by atoms with Crippen molar-refractivity contribution >= 4 is 40.7 Å². The molecular weight excluding hydrogens is 385 g/mol. The second-order valence-electron chi connectivity index (χ2n) is 6.64. The molecule has 0 saturated carbocycles. The Labute approximate surface area is 168 Å². The molecule has 0 unspecified atom stereocenters. The smallest absolute Gasteiger partial charge is 0.261 e. The lowest BCUT2D eigenvalue weighted by atomic mass is 10.1. The van der Waals surface area contributed by atoms with Gasteiger partial charge in [0.2, 0.25) is 5.91 Å². The molecule has 142 valence electrons. The number of likely N-dealkylation sites (tertiary alicyclic amines) is 1. The van der Waals surface area contributed by atoms with E-state index < -0.39 is 0 Å². The van der Waals surface area contributed by atoms with Crippen LogP contribution in [0.2, 0.25) is 10.3 Å². The maximum Gasteiger partial charge on any atom is 0.261 e. The molecule has 1 aliphatic rings. The predicted octanol–water partition coefficient (Wildman–Crippen LogP) is 4.36. The average molecular weight is 406 g/mol. The first-order valence-electron chi connectivity index (χ1n) is 8.94. The molecule has 1 aromatic carbocycles. The molecule has 0 bridgehead atoms. The van der Waals surface area contributed by atoms with Gasteiger partial charge in [0.1, 0.15) is 16.9 Å². The van der Waals surface area contributed by atoms with Gasteiger partial charge in [0.25, 0.3) is 5.91 Å². The highest BCUT2D eigenvalue weighted by atomic mass is 35.5. The van der Waals surface area contributed by atoms with E-state index in [1.54, 1.807) is 0 Å². The van der Waals surface area contributed by atoms with Crippen LogP contribution in [0.25, 0.3) is 0 Å². The zero-order valence-electron chi connectivity index (χ0n) is 15.1. The number of halogens is 2. The minimum atomic E-state index is -0.377. The summed E-state index contributed by atoms with van der Waals surface area (Å²) < 4.78 is 0. The van der Waals surface area contributed by atoms with Crippen LogP contribution < -0.4 is 4.90 Å². The summed E-state index contributed by atoms with van der Waals surface area (Å²) in [6.07, 6.45) is 3.13. The lowest BCUT2D eigenvalue weighted by molar-refractivity contribution is -0.130. The highest BCUT2D eigenvalue weighted by Crippen LogP contribution is 2.23. The number of aryl methyl sites for hydroxylation is 1. The normalized spacial score (nSPS) is 14.1. The number of hydrogen-bond donors (Lipinski definition) is 0. The summed E-state index contributed by atoms with van der Waals surface area (Å²) in [5, 5.41) is 0.234. The maximum atomic E-state index is 13.2. The number of hydrogen-bond acceptors (Lipinski definition) is 3. The molecule has 1 fully saturated rings. The van der Waals surface area contributed by atoms with Gasteiger partial charge in [-0.2, -0.15) is 0 Å². The van der Waals surface area contributed by atoms with E-state index in [0.29, 0.717) is 5.69 Å². The third-order valence-electron chi connectivity index (χ3n) is 4.64. The monoisotopic (exact) mass is 405 g/mol. The fourth-order valence-corrected chi connectivity index (χ4v) is 3.53. The van der Waals surface area contributed by atoms with E-state index in [2.05, 4.69) is 4.98 Å². The molecule has 0 aliphatic carbocycles. The predicted molar refractivity (Wildman–Crippen MR) is 108 cm³/mol. The van der Waals surface area contributed by atoms with Crippen LogP contribution in [0.3, 0.4) is 0 Å². The molecule has 0 radical (unpaired) electrons.